The third-order valence-corrected chi connectivity index (χ3v) is 3.07. The lowest BCUT2D eigenvalue weighted by molar-refractivity contribution is 0.0991. The van der Waals surface area contributed by atoms with Gasteiger partial charge in [-0.2, -0.15) is 5.10 Å². The van der Waals surface area contributed by atoms with Gasteiger partial charge in [0.2, 0.25) is 0 Å². The number of aromatic nitrogens is 2. The van der Waals surface area contributed by atoms with E-state index in [9.17, 15) is 0 Å². The molecule has 0 radical (unpaired) electrons. The van der Waals surface area contributed by atoms with Crippen LogP contribution in [0.2, 0.25) is 5.02 Å². The molecule has 2 unspecified atom stereocenters. The molecular weight excluding hydrogens is 240 g/mol. The second-order valence-electron chi connectivity index (χ2n) is 4.42. The van der Waals surface area contributed by atoms with Crippen molar-refractivity contribution in [1.29, 1.82) is 0 Å². The second-order valence-corrected chi connectivity index (χ2v) is 4.82. The second kappa shape index (κ2) is 6.35. The van der Waals surface area contributed by atoms with Crippen LogP contribution in [-0.2, 0) is 4.74 Å². The summed E-state index contributed by atoms with van der Waals surface area (Å²) in [6.45, 7) is 6.11. The number of methoxy groups -OCH3 is 1. The summed E-state index contributed by atoms with van der Waals surface area (Å²) >= 11 is 6.17. The lowest BCUT2D eigenvalue weighted by Crippen LogP contribution is -2.33. The molecule has 0 aliphatic heterocycles. The smallest absolute Gasteiger partial charge is 0.0834 e. The topological polar surface area (TPSA) is 65.1 Å². The third kappa shape index (κ3) is 3.42. The minimum Gasteiger partial charge on any atom is -0.382 e. The van der Waals surface area contributed by atoms with Crippen LogP contribution in [0.3, 0.4) is 0 Å². The molecule has 0 aliphatic rings. The number of rotatable bonds is 6. The number of nitrogens with zero attached hydrogens (tertiary/aromatic N) is 2. The number of hydrogen-bond donors (Lipinski definition) is 2. The van der Waals surface area contributed by atoms with Crippen LogP contribution in [0.15, 0.2) is 6.20 Å². The van der Waals surface area contributed by atoms with Crippen molar-refractivity contribution in [2.75, 3.05) is 7.11 Å². The first-order valence-corrected chi connectivity index (χ1v) is 6.10. The van der Waals surface area contributed by atoms with E-state index in [1.54, 1.807) is 13.3 Å². The summed E-state index contributed by atoms with van der Waals surface area (Å²) in [7, 11) is 1.68. The standard InChI is InChI=1S/C11H21ClN4O/c1-7(2)16-11(9(12)6-14-16)10(15-13)5-8(3)17-4/h6-8,10,15H,5,13H2,1-4H3. The maximum Gasteiger partial charge on any atom is 0.0834 e. The molecule has 98 valence electrons. The molecule has 0 fully saturated rings. The van der Waals surface area contributed by atoms with E-state index >= 15 is 0 Å². The van der Waals surface area contributed by atoms with Crippen LogP contribution in [-0.4, -0.2) is 23.0 Å². The maximum atomic E-state index is 6.17. The molecule has 0 spiro atoms. The first kappa shape index (κ1) is 14.4. The Morgan fingerprint density at radius 2 is 2.18 bits per heavy atom. The molecule has 5 nitrogen and oxygen atoms in total. The van der Waals surface area contributed by atoms with Crippen molar-refractivity contribution >= 4 is 11.6 Å². The van der Waals surface area contributed by atoms with Gasteiger partial charge in [-0.15, -0.1) is 0 Å². The first-order valence-electron chi connectivity index (χ1n) is 5.73. The van der Waals surface area contributed by atoms with Gasteiger partial charge in [0.15, 0.2) is 0 Å². The van der Waals surface area contributed by atoms with Crippen molar-refractivity contribution in [1.82, 2.24) is 15.2 Å². The zero-order chi connectivity index (χ0) is 13.0. The predicted octanol–water partition coefficient (Wildman–Crippen LogP) is 2.05. The van der Waals surface area contributed by atoms with Gasteiger partial charge in [0.05, 0.1) is 29.1 Å². The van der Waals surface area contributed by atoms with Crippen LogP contribution in [0.4, 0.5) is 0 Å². The maximum absolute atomic E-state index is 6.17. The number of nitrogens with one attached hydrogen (secondary N) is 1. The van der Waals surface area contributed by atoms with E-state index in [2.05, 4.69) is 24.4 Å². The molecule has 1 aromatic heterocycles. The molecule has 3 N–H and O–H groups in total. The van der Waals surface area contributed by atoms with Crippen molar-refractivity contribution in [3.8, 4) is 0 Å². The number of ether oxygens (including phenoxy) is 1. The van der Waals surface area contributed by atoms with E-state index in [1.165, 1.54) is 0 Å². The van der Waals surface area contributed by atoms with E-state index in [4.69, 9.17) is 22.2 Å². The zero-order valence-corrected chi connectivity index (χ0v) is 11.5. The Morgan fingerprint density at radius 3 is 2.65 bits per heavy atom. The normalized spacial score (nSPS) is 15.2. The van der Waals surface area contributed by atoms with E-state index in [-0.39, 0.29) is 18.2 Å². The van der Waals surface area contributed by atoms with Crippen LogP contribution in [0.5, 0.6) is 0 Å². The molecule has 1 aromatic rings. The van der Waals surface area contributed by atoms with E-state index in [1.807, 2.05) is 11.6 Å². The Bertz CT molecular complexity index is 353. The van der Waals surface area contributed by atoms with Crippen molar-refractivity contribution < 1.29 is 4.74 Å². The minimum atomic E-state index is -0.0673. The Hall–Kier alpha value is -0.620. The van der Waals surface area contributed by atoms with E-state index < -0.39 is 0 Å². The Kier molecular flexibility index (Phi) is 5.39. The molecular formula is C11H21ClN4O. The molecule has 0 saturated heterocycles. The number of hydrazine groups is 1. The minimum absolute atomic E-state index is 0.0673. The monoisotopic (exact) mass is 260 g/mol. The average Bonchev–Trinajstić information content (AvgIpc) is 2.67. The zero-order valence-electron chi connectivity index (χ0n) is 10.8. The molecule has 0 amide bonds. The highest BCUT2D eigenvalue weighted by Crippen LogP contribution is 2.28. The number of nitrogens with two attached hydrogens (primary N) is 1. The fourth-order valence-corrected chi connectivity index (χ4v) is 2.04. The van der Waals surface area contributed by atoms with E-state index in [0.717, 1.165) is 12.1 Å². The van der Waals surface area contributed by atoms with Crippen molar-refractivity contribution in [2.45, 2.75) is 45.4 Å². The Labute approximate surface area is 107 Å². The van der Waals surface area contributed by atoms with Crippen molar-refractivity contribution in [3.05, 3.63) is 16.9 Å². The molecule has 6 heteroatoms. The highest BCUT2D eigenvalue weighted by atomic mass is 35.5. The molecule has 2 atom stereocenters. The lowest BCUT2D eigenvalue weighted by atomic mass is 10.1. The van der Waals surface area contributed by atoms with Gasteiger partial charge in [0.1, 0.15) is 0 Å². The summed E-state index contributed by atoms with van der Waals surface area (Å²) in [6.07, 6.45) is 2.49. The van der Waals surface area contributed by atoms with Crippen LogP contribution < -0.4 is 11.3 Å². The van der Waals surface area contributed by atoms with Crippen molar-refractivity contribution in [2.24, 2.45) is 5.84 Å². The molecule has 1 heterocycles. The van der Waals surface area contributed by atoms with Gasteiger partial charge in [-0.1, -0.05) is 11.6 Å². The highest BCUT2D eigenvalue weighted by Gasteiger charge is 2.22. The van der Waals surface area contributed by atoms with Gasteiger partial charge in [-0.05, 0) is 27.2 Å². The molecule has 1 rings (SSSR count). The summed E-state index contributed by atoms with van der Waals surface area (Å²) in [6, 6.07) is 0.175. The molecule has 0 saturated carbocycles. The fourth-order valence-electron chi connectivity index (χ4n) is 1.78. The molecule has 0 aliphatic carbocycles. The van der Waals surface area contributed by atoms with E-state index in [0.29, 0.717) is 5.02 Å². The first-order chi connectivity index (χ1) is 8.01. The SMILES string of the molecule is COC(C)CC(NN)c1c(Cl)cnn1C(C)C. The summed E-state index contributed by atoms with van der Waals surface area (Å²) in [4.78, 5) is 0. The summed E-state index contributed by atoms with van der Waals surface area (Å²) in [5.74, 6) is 5.60. The number of halogens is 1. The lowest BCUT2D eigenvalue weighted by Gasteiger charge is -2.22. The number of hydrogen-bond acceptors (Lipinski definition) is 4. The van der Waals surface area contributed by atoms with Gasteiger partial charge >= 0.3 is 0 Å². The summed E-state index contributed by atoms with van der Waals surface area (Å²) in [5, 5.41) is 4.90. The Balaban J connectivity index is 2.98. The van der Waals surface area contributed by atoms with Gasteiger partial charge in [0, 0.05) is 13.2 Å². The fraction of sp³-hybridized carbons (Fsp3) is 0.727. The van der Waals surface area contributed by atoms with Crippen LogP contribution in [0.25, 0.3) is 0 Å². The van der Waals surface area contributed by atoms with Gasteiger partial charge in [-0.3, -0.25) is 16.0 Å². The van der Waals surface area contributed by atoms with Crippen molar-refractivity contribution in [3.63, 3.8) is 0 Å². The van der Waals surface area contributed by atoms with Gasteiger partial charge < -0.3 is 4.74 Å². The molecule has 0 bridgehead atoms. The predicted molar refractivity (Wildman–Crippen MR) is 68.8 cm³/mol. The molecule has 17 heavy (non-hydrogen) atoms. The summed E-state index contributed by atoms with van der Waals surface area (Å²) in [5.41, 5.74) is 3.69. The summed E-state index contributed by atoms with van der Waals surface area (Å²) < 4.78 is 7.14. The average molecular weight is 261 g/mol. The van der Waals surface area contributed by atoms with Gasteiger partial charge in [-0.25, -0.2) is 0 Å². The largest absolute Gasteiger partial charge is 0.382 e. The highest BCUT2D eigenvalue weighted by molar-refractivity contribution is 6.31. The van der Waals surface area contributed by atoms with Gasteiger partial charge in [0.25, 0.3) is 0 Å². The van der Waals surface area contributed by atoms with Crippen LogP contribution >= 0.6 is 11.6 Å². The third-order valence-electron chi connectivity index (χ3n) is 2.78. The van der Waals surface area contributed by atoms with Crippen LogP contribution in [0, 0.1) is 0 Å². The Morgan fingerprint density at radius 1 is 1.53 bits per heavy atom. The molecule has 0 aromatic carbocycles. The quantitative estimate of drug-likeness (QED) is 0.607. The van der Waals surface area contributed by atoms with Crippen LogP contribution in [0.1, 0.15) is 45.0 Å².